The zero-order valence-corrected chi connectivity index (χ0v) is 21.0. The normalized spacial score (nSPS) is 16.5. The molecule has 10 nitrogen and oxygen atoms in total. The number of hydrogen-bond donors (Lipinski definition) is 0. The third kappa shape index (κ3) is 4.94. The van der Waals surface area contributed by atoms with Gasteiger partial charge in [0.2, 0.25) is 0 Å². The van der Waals surface area contributed by atoms with Crippen molar-refractivity contribution in [3.63, 3.8) is 0 Å². The molecular formula is C28H26N4O6. The van der Waals surface area contributed by atoms with Crippen LogP contribution in [0.2, 0.25) is 0 Å². The number of nitrogens with zero attached hydrogens (tertiary/aromatic N) is 4. The number of morpholine rings is 1. The monoisotopic (exact) mass is 514 g/mol. The Hall–Kier alpha value is -4.70. The smallest absolute Gasteiger partial charge is 0.282 e. The van der Waals surface area contributed by atoms with Crippen LogP contribution in [-0.2, 0) is 9.53 Å². The summed E-state index contributed by atoms with van der Waals surface area (Å²) >= 11 is 0. The summed E-state index contributed by atoms with van der Waals surface area (Å²) in [5.74, 6) is 1.18. The first-order chi connectivity index (χ1) is 18.5. The maximum atomic E-state index is 13.7. The molecule has 0 N–H and O–H groups in total. The van der Waals surface area contributed by atoms with E-state index in [1.165, 1.54) is 17.0 Å². The maximum absolute atomic E-state index is 13.7. The van der Waals surface area contributed by atoms with Gasteiger partial charge in [-0.1, -0.05) is 6.07 Å². The summed E-state index contributed by atoms with van der Waals surface area (Å²) in [6.07, 6.45) is 1.68. The van der Waals surface area contributed by atoms with Gasteiger partial charge in [-0.05, 0) is 60.2 Å². The van der Waals surface area contributed by atoms with Crippen molar-refractivity contribution in [1.29, 1.82) is 0 Å². The van der Waals surface area contributed by atoms with Gasteiger partial charge in [0, 0.05) is 36.5 Å². The number of amides is 1. The number of amidine groups is 1. The molecule has 1 saturated heterocycles. The first-order valence-electron chi connectivity index (χ1n) is 12.0. The van der Waals surface area contributed by atoms with Crippen LogP contribution in [-0.4, -0.2) is 57.2 Å². The van der Waals surface area contributed by atoms with Crippen LogP contribution >= 0.6 is 0 Å². The van der Waals surface area contributed by atoms with Crippen molar-refractivity contribution >= 4 is 34.9 Å². The number of non-ortho nitro benzene ring substituents is 1. The van der Waals surface area contributed by atoms with Crippen molar-refractivity contribution in [3.8, 4) is 11.5 Å². The van der Waals surface area contributed by atoms with E-state index in [1.54, 1.807) is 44.6 Å². The molecule has 1 amide bonds. The van der Waals surface area contributed by atoms with Gasteiger partial charge >= 0.3 is 0 Å². The van der Waals surface area contributed by atoms with Crippen molar-refractivity contribution in [1.82, 2.24) is 0 Å². The van der Waals surface area contributed by atoms with Gasteiger partial charge in [0.15, 0.2) is 11.5 Å². The summed E-state index contributed by atoms with van der Waals surface area (Å²) in [6.45, 7) is 2.95. The molecule has 1 fully saturated rings. The predicted molar refractivity (Wildman–Crippen MR) is 144 cm³/mol. The fourth-order valence-electron chi connectivity index (χ4n) is 4.42. The van der Waals surface area contributed by atoms with Gasteiger partial charge in [-0.15, -0.1) is 0 Å². The lowest BCUT2D eigenvalue weighted by atomic mass is 10.1. The Morgan fingerprint density at radius 3 is 2.21 bits per heavy atom. The van der Waals surface area contributed by atoms with Gasteiger partial charge in [-0.2, -0.15) is 0 Å². The molecule has 194 valence electrons. The van der Waals surface area contributed by atoms with Crippen molar-refractivity contribution in [3.05, 3.63) is 93.7 Å². The summed E-state index contributed by atoms with van der Waals surface area (Å²) in [5, 5.41) is 11.2. The average Bonchev–Trinajstić information content (AvgIpc) is 3.28. The number of carbonyl (C=O) groups excluding carboxylic acids is 1. The molecule has 38 heavy (non-hydrogen) atoms. The van der Waals surface area contributed by atoms with Crippen LogP contribution in [0.5, 0.6) is 11.5 Å². The van der Waals surface area contributed by atoms with Crippen molar-refractivity contribution < 1.29 is 23.9 Å². The van der Waals surface area contributed by atoms with Crippen LogP contribution in [0.15, 0.2) is 77.4 Å². The molecule has 2 aliphatic rings. The second kappa shape index (κ2) is 10.7. The Kier molecular flexibility index (Phi) is 7.05. The third-order valence-corrected chi connectivity index (χ3v) is 6.39. The summed E-state index contributed by atoms with van der Waals surface area (Å²) in [6, 6.07) is 19.0. The van der Waals surface area contributed by atoms with Crippen molar-refractivity contribution in [2.24, 2.45) is 4.99 Å². The van der Waals surface area contributed by atoms with Gasteiger partial charge in [0.05, 0.1) is 38.0 Å². The van der Waals surface area contributed by atoms with Crippen LogP contribution in [0.3, 0.4) is 0 Å². The number of rotatable bonds is 7. The van der Waals surface area contributed by atoms with E-state index in [0.29, 0.717) is 47.4 Å². The largest absolute Gasteiger partial charge is 0.493 e. The molecule has 0 spiro atoms. The summed E-state index contributed by atoms with van der Waals surface area (Å²) in [5.41, 5.74) is 3.15. The number of nitro benzene ring substituents is 1. The number of anilines is 2. The Morgan fingerprint density at radius 2 is 1.58 bits per heavy atom. The second-order valence-electron chi connectivity index (χ2n) is 8.64. The molecule has 2 aliphatic heterocycles. The first kappa shape index (κ1) is 25.0. The molecule has 0 unspecified atom stereocenters. The standard InChI is InChI=1S/C28H26N4O6/c1-36-25-12-3-19(18-26(25)37-2)17-24-28(33)31(27(29-24)20-4-6-23(7-5-20)32(34)35)22-10-8-21(9-11-22)30-13-15-38-16-14-30/h3-12,17-18H,13-16H2,1-2H3/b24-17-. The Labute approximate surface area is 219 Å². The fraction of sp³-hybridized carbons (Fsp3) is 0.214. The van der Waals surface area contributed by atoms with E-state index in [4.69, 9.17) is 14.2 Å². The molecule has 3 aromatic rings. The molecule has 5 rings (SSSR count). The number of nitro groups is 1. The Balaban J connectivity index is 1.53. The minimum absolute atomic E-state index is 0.0406. The number of methoxy groups -OCH3 is 2. The van der Waals surface area contributed by atoms with Crippen LogP contribution in [0.4, 0.5) is 17.1 Å². The van der Waals surface area contributed by atoms with E-state index in [1.807, 2.05) is 30.3 Å². The zero-order valence-electron chi connectivity index (χ0n) is 21.0. The van der Waals surface area contributed by atoms with Gasteiger partial charge in [0.1, 0.15) is 11.5 Å². The summed E-state index contributed by atoms with van der Waals surface area (Å²) in [4.78, 5) is 32.8. The van der Waals surface area contributed by atoms with Gasteiger partial charge in [-0.3, -0.25) is 19.8 Å². The summed E-state index contributed by atoms with van der Waals surface area (Å²) in [7, 11) is 3.10. The van der Waals surface area contributed by atoms with Crippen LogP contribution in [0.1, 0.15) is 11.1 Å². The van der Waals surface area contributed by atoms with E-state index >= 15 is 0 Å². The minimum atomic E-state index is -0.462. The molecule has 3 aromatic carbocycles. The van der Waals surface area contributed by atoms with E-state index in [0.717, 1.165) is 18.8 Å². The van der Waals surface area contributed by atoms with E-state index in [-0.39, 0.29) is 17.3 Å². The van der Waals surface area contributed by atoms with Crippen molar-refractivity contribution in [2.75, 3.05) is 50.3 Å². The van der Waals surface area contributed by atoms with Crippen molar-refractivity contribution in [2.45, 2.75) is 0 Å². The highest BCUT2D eigenvalue weighted by Gasteiger charge is 2.33. The summed E-state index contributed by atoms with van der Waals surface area (Å²) < 4.78 is 16.1. The first-order valence-corrected chi connectivity index (χ1v) is 12.0. The molecule has 0 aliphatic carbocycles. The van der Waals surface area contributed by atoms with Gasteiger partial charge in [-0.25, -0.2) is 4.99 Å². The third-order valence-electron chi connectivity index (χ3n) is 6.39. The number of ether oxygens (including phenoxy) is 3. The average molecular weight is 515 g/mol. The lowest BCUT2D eigenvalue weighted by molar-refractivity contribution is -0.384. The molecule has 0 bridgehead atoms. The molecule has 0 aromatic heterocycles. The fourth-order valence-corrected chi connectivity index (χ4v) is 4.42. The van der Waals surface area contributed by atoms with Crippen LogP contribution < -0.4 is 19.3 Å². The van der Waals surface area contributed by atoms with Crippen LogP contribution in [0, 0.1) is 10.1 Å². The molecule has 2 heterocycles. The quantitative estimate of drug-likeness (QED) is 0.263. The van der Waals surface area contributed by atoms with Gasteiger partial charge in [0.25, 0.3) is 11.6 Å². The molecule has 0 atom stereocenters. The number of aliphatic imine (C=N–C) groups is 1. The lowest BCUT2D eigenvalue weighted by Gasteiger charge is -2.29. The molecule has 0 saturated carbocycles. The maximum Gasteiger partial charge on any atom is 0.282 e. The number of carbonyl (C=O) groups is 1. The predicted octanol–water partition coefficient (Wildman–Crippen LogP) is 4.28. The molecular weight excluding hydrogens is 488 g/mol. The molecule has 0 radical (unpaired) electrons. The topological polar surface area (TPSA) is 107 Å². The van der Waals surface area contributed by atoms with E-state index in [9.17, 15) is 14.9 Å². The zero-order chi connectivity index (χ0) is 26.6. The Morgan fingerprint density at radius 1 is 0.921 bits per heavy atom. The second-order valence-corrected chi connectivity index (χ2v) is 8.64. The lowest BCUT2D eigenvalue weighted by Crippen LogP contribution is -2.36. The highest BCUT2D eigenvalue weighted by Crippen LogP contribution is 2.32. The van der Waals surface area contributed by atoms with Crippen LogP contribution in [0.25, 0.3) is 6.08 Å². The minimum Gasteiger partial charge on any atom is -0.493 e. The number of benzene rings is 3. The Bertz CT molecular complexity index is 1410. The highest BCUT2D eigenvalue weighted by atomic mass is 16.6. The van der Waals surface area contributed by atoms with E-state index in [2.05, 4.69) is 9.89 Å². The van der Waals surface area contributed by atoms with E-state index < -0.39 is 4.92 Å². The SMILES string of the molecule is COc1ccc(/C=C2\N=C(c3ccc([N+](=O)[O-])cc3)N(c3ccc(N4CCOCC4)cc3)C2=O)cc1OC. The molecule has 10 heteroatoms. The number of hydrogen-bond acceptors (Lipinski definition) is 8. The highest BCUT2D eigenvalue weighted by molar-refractivity contribution is 6.33. The van der Waals surface area contributed by atoms with Gasteiger partial charge < -0.3 is 19.1 Å².